The summed E-state index contributed by atoms with van der Waals surface area (Å²) in [6.45, 7) is 1.19. The molecule has 0 bridgehead atoms. The van der Waals surface area contributed by atoms with Crippen LogP contribution >= 0.6 is 0 Å². The largest absolute Gasteiger partial charge is 0.494 e. The van der Waals surface area contributed by atoms with Gasteiger partial charge in [0.25, 0.3) is 0 Å². The number of rotatable bonds is 9. The van der Waals surface area contributed by atoms with Crippen LogP contribution < -0.4 is 10.1 Å². The second-order valence-corrected chi connectivity index (χ2v) is 4.18. The lowest BCUT2D eigenvalue weighted by molar-refractivity contribution is 0.158. The molecule has 0 aromatic heterocycles. The van der Waals surface area contributed by atoms with E-state index in [2.05, 4.69) is 5.32 Å². The number of hydrogen-bond donors (Lipinski definition) is 3. The molecule has 0 atom stereocenters. The zero-order valence-electron chi connectivity index (χ0n) is 11.5. The van der Waals surface area contributed by atoms with Crippen LogP contribution in [-0.4, -0.2) is 60.6 Å². The first-order valence-electron chi connectivity index (χ1n) is 6.70. The van der Waals surface area contributed by atoms with Crippen molar-refractivity contribution in [3.8, 4) is 5.75 Å². The first kappa shape index (κ1) is 16.3. The maximum absolute atomic E-state index is 11.7. The van der Waals surface area contributed by atoms with Crippen molar-refractivity contribution >= 4 is 6.03 Å². The monoisotopic (exact) mass is 282 g/mol. The molecule has 0 radical (unpaired) electrons. The van der Waals surface area contributed by atoms with Crippen molar-refractivity contribution in [2.75, 3.05) is 39.5 Å². The molecule has 1 aromatic carbocycles. The van der Waals surface area contributed by atoms with Gasteiger partial charge in [-0.1, -0.05) is 18.2 Å². The Morgan fingerprint density at radius 2 is 1.80 bits per heavy atom. The van der Waals surface area contributed by atoms with Crippen LogP contribution in [0.4, 0.5) is 4.79 Å². The number of nitrogens with one attached hydrogen (secondary N) is 1. The average Bonchev–Trinajstić information content (AvgIpc) is 2.47. The second kappa shape index (κ2) is 10.1. The van der Waals surface area contributed by atoms with Gasteiger partial charge in [-0.05, 0) is 18.6 Å². The number of amides is 2. The Balaban J connectivity index is 2.14. The standard InChI is InChI=1S/C14H22N2O4/c17-10-8-16(9-11-18)14(19)15-7-4-12-20-13-5-2-1-3-6-13/h1-3,5-6,17-18H,4,7-12H2,(H,15,19). The van der Waals surface area contributed by atoms with Gasteiger partial charge in [-0.2, -0.15) is 0 Å². The molecule has 0 fully saturated rings. The van der Waals surface area contributed by atoms with E-state index >= 15 is 0 Å². The van der Waals surface area contributed by atoms with Crippen molar-refractivity contribution in [2.45, 2.75) is 6.42 Å². The van der Waals surface area contributed by atoms with Crippen LogP contribution in [0.2, 0.25) is 0 Å². The molecule has 112 valence electrons. The minimum absolute atomic E-state index is 0.120. The number of urea groups is 1. The fourth-order valence-corrected chi connectivity index (χ4v) is 1.64. The summed E-state index contributed by atoms with van der Waals surface area (Å²) in [5, 5.41) is 20.4. The number of aliphatic hydroxyl groups excluding tert-OH is 2. The lowest BCUT2D eigenvalue weighted by Gasteiger charge is -2.21. The number of aliphatic hydroxyl groups is 2. The van der Waals surface area contributed by atoms with Gasteiger partial charge in [0.05, 0.1) is 19.8 Å². The third-order valence-corrected chi connectivity index (χ3v) is 2.64. The minimum atomic E-state index is -0.284. The first-order valence-corrected chi connectivity index (χ1v) is 6.70. The predicted octanol–water partition coefficient (Wildman–Crippen LogP) is 0.452. The van der Waals surface area contributed by atoms with Gasteiger partial charge in [0.2, 0.25) is 0 Å². The van der Waals surface area contributed by atoms with Crippen LogP contribution in [0.1, 0.15) is 6.42 Å². The SMILES string of the molecule is O=C(NCCCOc1ccccc1)N(CCO)CCO. The van der Waals surface area contributed by atoms with E-state index < -0.39 is 0 Å². The Kier molecular flexibility index (Phi) is 8.17. The summed E-state index contributed by atoms with van der Waals surface area (Å²) in [4.78, 5) is 13.1. The Labute approximate surface area is 119 Å². The predicted molar refractivity (Wildman–Crippen MR) is 75.7 cm³/mol. The van der Waals surface area contributed by atoms with Crippen molar-refractivity contribution in [3.05, 3.63) is 30.3 Å². The summed E-state index contributed by atoms with van der Waals surface area (Å²) in [6, 6.07) is 9.19. The zero-order chi connectivity index (χ0) is 14.6. The Morgan fingerprint density at radius 3 is 2.40 bits per heavy atom. The smallest absolute Gasteiger partial charge is 0.317 e. The summed E-state index contributed by atoms with van der Waals surface area (Å²) < 4.78 is 5.50. The van der Waals surface area contributed by atoms with Crippen LogP contribution in [-0.2, 0) is 0 Å². The fourth-order valence-electron chi connectivity index (χ4n) is 1.64. The van der Waals surface area contributed by atoms with E-state index in [1.807, 2.05) is 30.3 Å². The number of carbonyl (C=O) groups excluding carboxylic acids is 1. The van der Waals surface area contributed by atoms with E-state index in [1.165, 1.54) is 4.90 Å². The van der Waals surface area contributed by atoms with E-state index in [0.717, 1.165) is 5.75 Å². The molecule has 20 heavy (non-hydrogen) atoms. The number of benzene rings is 1. The zero-order valence-corrected chi connectivity index (χ0v) is 11.5. The van der Waals surface area contributed by atoms with Crippen LogP contribution in [0, 0.1) is 0 Å². The molecule has 0 saturated heterocycles. The highest BCUT2D eigenvalue weighted by molar-refractivity contribution is 5.74. The third-order valence-electron chi connectivity index (χ3n) is 2.64. The molecule has 0 spiro atoms. The Hall–Kier alpha value is -1.79. The topological polar surface area (TPSA) is 82.0 Å². The van der Waals surface area contributed by atoms with Crippen LogP contribution in [0.5, 0.6) is 5.75 Å². The van der Waals surface area contributed by atoms with Crippen LogP contribution in [0.25, 0.3) is 0 Å². The molecule has 0 aliphatic heterocycles. The van der Waals surface area contributed by atoms with E-state index in [0.29, 0.717) is 19.6 Å². The molecule has 0 saturated carbocycles. The molecule has 6 heteroatoms. The van der Waals surface area contributed by atoms with Gasteiger partial charge >= 0.3 is 6.03 Å². The fraction of sp³-hybridized carbons (Fsp3) is 0.500. The van der Waals surface area contributed by atoms with Gasteiger partial charge in [-0.15, -0.1) is 0 Å². The van der Waals surface area contributed by atoms with Crippen LogP contribution in [0.15, 0.2) is 30.3 Å². The molecular weight excluding hydrogens is 260 g/mol. The molecule has 1 aromatic rings. The number of hydrogen-bond acceptors (Lipinski definition) is 4. The van der Waals surface area contributed by atoms with E-state index in [1.54, 1.807) is 0 Å². The summed E-state index contributed by atoms with van der Waals surface area (Å²) in [5.74, 6) is 0.806. The number of ether oxygens (including phenoxy) is 1. The minimum Gasteiger partial charge on any atom is -0.494 e. The number of nitrogens with zero attached hydrogens (tertiary/aromatic N) is 1. The van der Waals surface area contributed by atoms with Gasteiger partial charge in [-0.25, -0.2) is 4.79 Å². The lowest BCUT2D eigenvalue weighted by Crippen LogP contribution is -2.43. The van der Waals surface area contributed by atoms with Gasteiger partial charge in [0.15, 0.2) is 0 Å². The lowest BCUT2D eigenvalue weighted by atomic mass is 10.3. The highest BCUT2D eigenvalue weighted by atomic mass is 16.5. The Bertz CT molecular complexity index is 367. The van der Waals surface area contributed by atoms with Gasteiger partial charge in [0, 0.05) is 19.6 Å². The summed E-state index contributed by atoms with van der Waals surface area (Å²) in [5.41, 5.74) is 0. The van der Waals surface area contributed by atoms with E-state index in [9.17, 15) is 4.79 Å². The highest BCUT2D eigenvalue weighted by Crippen LogP contribution is 2.07. The van der Waals surface area contributed by atoms with Crippen molar-refractivity contribution in [3.63, 3.8) is 0 Å². The molecular formula is C14H22N2O4. The third kappa shape index (κ3) is 6.40. The molecule has 0 aliphatic rings. The van der Waals surface area contributed by atoms with Gasteiger partial charge in [-0.3, -0.25) is 0 Å². The maximum atomic E-state index is 11.7. The summed E-state index contributed by atoms with van der Waals surface area (Å²) in [6.07, 6.45) is 0.687. The molecule has 0 heterocycles. The van der Waals surface area contributed by atoms with Crippen molar-refractivity contribution < 1.29 is 19.7 Å². The average molecular weight is 282 g/mol. The van der Waals surface area contributed by atoms with E-state index in [-0.39, 0.29) is 32.3 Å². The number of para-hydroxylation sites is 1. The number of carbonyl (C=O) groups is 1. The molecule has 6 nitrogen and oxygen atoms in total. The van der Waals surface area contributed by atoms with Gasteiger partial charge < -0.3 is 25.2 Å². The van der Waals surface area contributed by atoms with Crippen molar-refractivity contribution in [1.29, 1.82) is 0 Å². The quantitative estimate of drug-likeness (QED) is 0.574. The van der Waals surface area contributed by atoms with E-state index in [4.69, 9.17) is 14.9 Å². The second-order valence-electron chi connectivity index (χ2n) is 4.18. The van der Waals surface area contributed by atoms with Crippen molar-refractivity contribution in [1.82, 2.24) is 10.2 Å². The highest BCUT2D eigenvalue weighted by Gasteiger charge is 2.10. The molecule has 0 aliphatic carbocycles. The van der Waals surface area contributed by atoms with Crippen molar-refractivity contribution in [2.24, 2.45) is 0 Å². The summed E-state index contributed by atoms with van der Waals surface area (Å²) >= 11 is 0. The molecule has 1 rings (SSSR count). The molecule has 3 N–H and O–H groups in total. The first-order chi connectivity index (χ1) is 9.77. The Morgan fingerprint density at radius 1 is 1.15 bits per heavy atom. The van der Waals surface area contributed by atoms with Crippen LogP contribution in [0.3, 0.4) is 0 Å². The van der Waals surface area contributed by atoms with Gasteiger partial charge in [0.1, 0.15) is 5.75 Å². The maximum Gasteiger partial charge on any atom is 0.317 e. The molecule has 0 unspecified atom stereocenters. The summed E-state index contributed by atoms with van der Waals surface area (Å²) in [7, 11) is 0. The normalized spacial score (nSPS) is 10.1. The molecule has 2 amide bonds.